The summed E-state index contributed by atoms with van der Waals surface area (Å²) < 4.78 is 33.9. The third kappa shape index (κ3) is 7.81. The van der Waals surface area contributed by atoms with Gasteiger partial charge in [-0.3, -0.25) is 4.79 Å². The molecule has 0 unspecified atom stereocenters. The minimum absolute atomic E-state index is 0.159. The molecule has 20 heavy (non-hydrogen) atoms. The molecule has 0 bridgehead atoms. The molecule has 0 aromatic carbocycles. The van der Waals surface area contributed by atoms with Crippen LogP contribution >= 0.6 is 0 Å². The Morgan fingerprint density at radius 1 is 1.15 bits per heavy atom. The Labute approximate surface area is 122 Å². The molecule has 120 valence electrons. The summed E-state index contributed by atoms with van der Waals surface area (Å²) >= 11 is 0. The first-order chi connectivity index (χ1) is 8.88. The van der Waals surface area contributed by atoms with Crippen LogP contribution in [-0.4, -0.2) is 32.1 Å². The Morgan fingerprint density at radius 2 is 1.65 bits per heavy atom. The Kier molecular flexibility index (Phi) is 7.13. The van der Waals surface area contributed by atoms with E-state index in [4.69, 9.17) is 4.74 Å². The first-order valence-electron chi connectivity index (χ1n) is 6.90. The van der Waals surface area contributed by atoms with E-state index in [0.29, 0.717) is 6.42 Å². The molecule has 0 saturated heterocycles. The lowest BCUT2D eigenvalue weighted by Crippen LogP contribution is -2.52. The van der Waals surface area contributed by atoms with Gasteiger partial charge in [-0.15, -0.1) is 0 Å². The highest BCUT2D eigenvalue weighted by Crippen LogP contribution is 2.15. The molecule has 0 saturated carbocycles. The predicted octanol–water partition coefficient (Wildman–Crippen LogP) is 1.58. The van der Waals surface area contributed by atoms with Crippen LogP contribution in [-0.2, 0) is 19.7 Å². The summed E-state index contributed by atoms with van der Waals surface area (Å²) in [6.07, 6.45) is 0.661. The summed E-state index contributed by atoms with van der Waals surface area (Å²) in [6.45, 7) is 12.4. The summed E-state index contributed by atoms with van der Waals surface area (Å²) in [6, 6.07) is -1.14. The van der Waals surface area contributed by atoms with Crippen molar-refractivity contribution in [3.05, 3.63) is 0 Å². The summed E-state index contributed by atoms with van der Waals surface area (Å²) in [5.74, 6) is -0.713. The molecule has 2 atom stereocenters. The van der Waals surface area contributed by atoms with Crippen molar-refractivity contribution in [3.8, 4) is 0 Å². The number of esters is 1. The minimum atomic E-state index is -3.74. The smallest absolute Gasteiger partial charge is 0.325 e. The molecule has 0 heterocycles. The van der Waals surface area contributed by atoms with E-state index in [0.717, 1.165) is 0 Å². The van der Waals surface area contributed by atoms with Crippen molar-refractivity contribution in [2.45, 2.75) is 72.6 Å². The Hall–Kier alpha value is -0.660. The molecule has 0 aromatic rings. The predicted molar refractivity (Wildman–Crippen MR) is 79.4 cm³/mol. The van der Waals surface area contributed by atoms with E-state index in [1.807, 2.05) is 13.8 Å². The molecular weight excluding hydrogens is 280 g/mol. The molecular formula is C13H28N2O4S. The molecule has 0 aromatic heterocycles. The van der Waals surface area contributed by atoms with Gasteiger partial charge in [0.1, 0.15) is 11.6 Å². The topological polar surface area (TPSA) is 84.5 Å². The van der Waals surface area contributed by atoms with Gasteiger partial charge in [0.15, 0.2) is 0 Å². The zero-order valence-corrected chi connectivity index (χ0v) is 14.3. The van der Waals surface area contributed by atoms with Crippen LogP contribution in [0, 0.1) is 5.92 Å². The van der Waals surface area contributed by atoms with Crippen LogP contribution in [0.1, 0.15) is 54.9 Å². The first kappa shape index (κ1) is 19.3. The molecule has 2 N–H and O–H groups in total. The molecule has 6 nitrogen and oxygen atoms in total. The minimum Gasteiger partial charge on any atom is -0.459 e. The Balaban J connectivity index is 5.05. The fraction of sp³-hybridized carbons (Fsp3) is 0.923. The monoisotopic (exact) mass is 308 g/mol. The number of rotatable bonds is 7. The molecule has 0 amide bonds. The van der Waals surface area contributed by atoms with Crippen LogP contribution < -0.4 is 9.44 Å². The Morgan fingerprint density at radius 3 is 2.00 bits per heavy atom. The maximum absolute atomic E-state index is 12.1. The summed E-state index contributed by atoms with van der Waals surface area (Å²) in [5.41, 5.74) is -0.653. The van der Waals surface area contributed by atoms with Crippen LogP contribution in [0.15, 0.2) is 0 Å². The lowest BCUT2D eigenvalue weighted by atomic mass is 10.00. The van der Waals surface area contributed by atoms with Crippen LogP contribution in [0.4, 0.5) is 0 Å². The number of carbonyl (C=O) groups is 1. The van der Waals surface area contributed by atoms with Crippen LogP contribution in [0.2, 0.25) is 0 Å². The summed E-state index contributed by atoms with van der Waals surface area (Å²) in [7, 11) is -3.74. The van der Waals surface area contributed by atoms with Crippen LogP contribution in [0.5, 0.6) is 0 Å². The van der Waals surface area contributed by atoms with E-state index < -0.39 is 27.8 Å². The standard InChI is InChI=1S/C13H28N2O4S/c1-8-10(4)11(12(16)19-13(5,6)7)15-20(17,18)14-9(2)3/h9-11,14-15H,8H2,1-7H3/t10-,11-/m0/s1. The second-order valence-electron chi connectivity index (χ2n) is 6.29. The highest BCUT2D eigenvalue weighted by atomic mass is 32.2. The molecule has 0 aliphatic rings. The third-order valence-electron chi connectivity index (χ3n) is 2.55. The van der Waals surface area contributed by atoms with E-state index >= 15 is 0 Å². The van der Waals surface area contributed by atoms with E-state index in [1.54, 1.807) is 34.6 Å². The SMILES string of the molecule is CC[C@H](C)[C@H](NS(=O)(=O)NC(C)C)C(=O)OC(C)(C)C. The quantitative estimate of drug-likeness (QED) is 0.699. The third-order valence-corrected chi connectivity index (χ3v) is 3.89. The average Bonchev–Trinajstić information content (AvgIpc) is 2.20. The molecule has 0 radical (unpaired) electrons. The summed E-state index contributed by atoms with van der Waals surface area (Å²) in [4.78, 5) is 12.1. The fourth-order valence-electron chi connectivity index (χ4n) is 1.51. The number of ether oxygens (including phenoxy) is 1. The number of hydrogen-bond donors (Lipinski definition) is 2. The van der Waals surface area contributed by atoms with E-state index in [9.17, 15) is 13.2 Å². The van der Waals surface area contributed by atoms with Gasteiger partial charge in [-0.2, -0.15) is 17.9 Å². The van der Waals surface area contributed by atoms with Crippen molar-refractivity contribution in [2.75, 3.05) is 0 Å². The Bertz CT molecular complexity index is 413. The van der Waals surface area contributed by atoms with E-state index in [1.165, 1.54) is 0 Å². The fourth-order valence-corrected chi connectivity index (χ4v) is 2.86. The second-order valence-corrected chi connectivity index (χ2v) is 7.77. The number of nitrogens with one attached hydrogen (secondary N) is 2. The van der Waals surface area contributed by atoms with Crippen molar-refractivity contribution in [1.29, 1.82) is 0 Å². The van der Waals surface area contributed by atoms with Crippen molar-refractivity contribution in [2.24, 2.45) is 5.92 Å². The van der Waals surface area contributed by atoms with Gasteiger partial charge in [-0.25, -0.2) is 0 Å². The van der Waals surface area contributed by atoms with Gasteiger partial charge in [0, 0.05) is 6.04 Å². The maximum atomic E-state index is 12.1. The van der Waals surface area contributed by atoms with Gasteiger partial charge in [-0.1, -0.05) is 20.3 Å². The normalized spacial score (nSPS) is 16.0. The maximum Gasteiger partial charge on any atom is 0.325 e. The van der Waals surface area contributed by atoms with Crippen LogP contribution in [0.3, 0.4) is 0 Å². The van der Waals surface area contributed by atoms with Crippen molar-refractivity contribution < 1.29 is 17.9 Å². The van der Waals surface area contributed by atoms with Gasteiger partial charge in [0.2, 0.25) is 0 Å². The van der Waals surface area contributed by atoms with E-state index in [2.05, 4.69) is 9.44 Å². The number of hydrogen-bond acceptors (Lipinski definition) is 4. The lowest BCUT2D eigenvalue weighted by Gasteiger charge is -2.27. The van der Waals surface area contributed by atoms with Crippen molar-refractivity contribution in [1.82, 2.24) is 9.44 Å². The van der Waals surface area contributed by atoms with Gasteiger partial charge in [0.25, 0.3) is 10.2 Å². The van der Waals surface area contributed by atoms with E-state index in [-0.39, 0.29) is 12.0 Å². The molecule has 7 heteroatoms. The first-order valence-corrected chi connectivity index (χ1v) is 8.38. The largest absolute Gasteiger partial charge is 0.459 e. The van der Waals surface area contributed by atoms with Gasteiger partial charge < -0.3 is 4.74 Å². The van der Waals surface area contributed by atoms with Crippen LogP contribution in [0.25, 0.3) is 0 Å². The van der Waals surface area contributed by atoms with Gasteiger partial charge in [0.05, 0.1) is 0 Å². The van der Waals surface area contributed by atoms with Crippen molar-refractivity contribution >= 4 is 16.2 Å². The molecule has 0 aliphatic heterocycles. The van der Waals surface area contributed by atoms with Gasteiger partial charge in [-0.05, 0) is 40.5 Å². The van der Waals surface area contributed by atoms with Crippen molar-refractivity contribution in [3.63, 3.8) is 0 Å². The second kappa shape index (κ2) is 7.38. The molecule has 0 spiro atoms. The zero-order valence-electron chi connectivity index (χ0n) is 13.5. The lowest BCUT2D eigenvalue weighted by molar-refractivity contribution is -0.158. The average molecular weight is 308 g/mol. The zero-order chi connectivity index (χ0) is 16.1. The summed E-state index contributed by atoms with van der Waals surface area (Å²) in [5, 5.41) is 0. The molecule has 0 fully saturated rings. The highest BCUT2D eigenvalue weighted by Gasteiger charge is 2.32. The highest BCUT2D eigenvalue weighted by molar-refractivity contribution is 7.87. The van der Waals surface area contributed by atoms with Gasteiger partial charge >= 0.3 is 5.97 Å². The molecule has 0 rings (SSSR count). The molecule has 0 aliphatic carbocycles. The number of carbonyl (C=O) groups excluding carboxylic acids is 1.